The Hall–Kier alpha value is -0.872. The van der Waals surface area contributed by atoms with Gasteiger partial charge in [-0.3, -0.25) is 9.59 Å². The fourth-order valence-electron chi connectivity index (χ4n) is 11.0. The Morgan fingerprint density at radius 1 is 0.639 bits per heavy atom. The molecule has 4 saturated heterocycles. The van der Waals surface area contributed by atoms with Gasteiger partial charge in [-0.05, 0) is 98.7 Å². The standard InChI is InChI=1S/C26H48ClNO5Si2.C22H38ClNO5Si.C5H14OSi/c1-24(2,3)35(7,8)33-21(19-12-10-9-11-13-19)26(23(30)31-16-17-34(4,5)6)25(18-32-25)20(14-15-27)22(29)28-26;1-20(2,3)30(5,6)29-17(15-10-8-7-9-11-15)22(19(26)27-4)21(14-28-21)16(12-13-23)18(25)24-22;1-7(2,3)5-4-6/h19-21H,9-18H2,1-8H3,(H,28,29);15-17H,7-14H2,1-6H3,(H,24,25);6H,4-5H2,1-3H3/t20-,21-,25-,26-;16-,17-,21-,22-;/m00./s1. The molecule has 3 N–H and O–H groups in total. The Balaban J connectivity index is 0.000000278. The lowest BCUT2D eigenvalue weighted by atomic mass is 9.69. The predicted octanol–water partition coefficient (Wildman–Crippen LogP) is 11.1. The summed E-state index contributed by atoms with van der Waals surface area (Å²) < 4.78 is 37.7. The van der Waals surface area contributed by atoms with Crippen molar-refractivity contribution in [3.8, 4) is 0 Å². The number of hydrogen-bond donors (Lipinski definition) is 3. The van der Waals surface area contributed by atoms with Crippen LogP contribution in [0.3, 0.4) is 0 Å². The Bertz CT molecular complexity index is 1830. The highest BCUT2D eigenvalue weighted by Gasteiger charge is 2.81. The molecular weight excluding hydrogens is 1020 g/mol. The summed E-state index contributed by atoms with van der Waals surface area (Å²) in [6.45, 7) is 37.0. The number of rotatable bonds is 19. The summed E-state index contributed by atoms with van der Waals surface area (Å²) in [6, 6.07) is 1.91. The van der Waals surface area contributed by atoms with Crippen LogP contribution in [0.15, 0.2) is 0 Å². The number of carbonyl (C=O) groups excluding carboxylic acids is 4. The van der Waals surface area contributed by atoms with Gasteiger partial charge < -0.3 is 43.5 Å². The largest absolute Gasteiger partial charge is 0.467 e. The molecule has 6 fully saturated rings. The fraction of sp³-hybridized carbons (Fsp3) is 0.925. The van der Waals surface area contributed by atoms with Crippen molar-refractivity contribution in [3.63, 3.8) is 0 Å². The molecule has 8 atom stereocenters. The van der Waals surface area contributed by atoms with Gasteiger partial charge >= 0.3 is 11.9 Å². The first kappa shape index (κ1) is 63.7. The second kappa shape index (κ2) is 24.4. The van der Waals surface area contributed by atoms with Crippen LogP contribution in [-0.4, -0.2) is 141 Å². The van der Waals surface area contributed by atoms with Crippen LogP contribution in [-0.2, 0) is 47.0 Å². The van der Waals surface area contributed by atoms with Crippen molar-refractivity contribution >= 4 is 79.7 Å². The average Bonchev–Trinajstić information content (AvgIpc) is 4.21. The van der Waals surface area contributed by atoms with Crippen molar-refractivity contribution in [2.24, 2.45) is 23.7 Å². The Labute approximate surface area is 449 Å². The minimum absolute atomic E-state index is 0.0348. The molecule has 0 unspecified atom stereocenters. The molecule has 0 radical (unpaired) electrons. The number of alkyl halides is 2. The Kier molecular flexibility index (Phi) is 21.6. The minimum Gasteiger partial charge on any atom is -0.467 e. The Morgan fingerprint density at radius 3 is 1.25 bits per heavy atom. The number of halogens is 2. The van der Waals surface area contributed by atoms with Crippen molar-refractivity contribution in [2.45, 2.75) is 241 Å². The molecule has 0 aromatic carbocycles. The SMILES string of the molecule is CC(C)(C)[Si](C)(C)O[C@@H](C1CCCCC1)[C@@]1(C(=O)OCC[Si](C)(C)C)NC(=O)[C@H](CCCl)[C@@]12CO2.COC(=O)[C@]1([C@@H](O[Si](C)(C)C(C)(C)C)C2CCCCC2)NC(=O)[C@H](CCCl)[C@@]12CO2.C[Si](C)(C)CCO. The third-order valence-electron chi connectivity index (χ3n) is 17.7. The molecule has 6 aliphatic rings. The maximum Gasteiger partial charge on any atom is 0.337 e. The van der Waals surface area contributed by atoms with Gasteiger partial charge in [0.15, 0.2) is 27.7 Å². The molecule has 4 heterocycles. The number of carbonyl (C=O) groups is 4. The van der Waals surface area contributed by atoms with Gasteiger partial charge in [0.05, 0.1) is 51.0 Å². The lowest BCUT2D eigenvalue weighted by Crippen LogP contribution is -2.70. The topological polar surface area (TPSA) is 175 Å². The molecule has 0 aromatic rings. The van der Waals surface area contributed by atoms with Gasteiger partial charge in [0.25, 0.3) is 0 Å². The molecule has 0 bridgehead atoms. The summed E-state index contributed by atoms with van der Waals surface area (Å²) in [6.07, 6.45) is 10.7. The first-order chi connectivity index (χ1) is 33.1. The van der Waals surface area contributed by atoms with Crippen LogP contribution >= 0.6 is 23.2 Å². The third-order valence-corrected chi connectivity index (χ3v) is 30.5. The number of epoxide rings is 2. The zero-order chi connectivity index (χ0) is 54.6. The van der Waals surface area contributed by atoms with E-state index in [1.165, 1.54) is 20.0 Å². The van der Waals surface area contributed by atoms with E-state index in [-0.39, 0.29) is 39.7 Å². The normalized spacial score (nSPS) is 30.1. The summed E-state index contributed by atoms with van der Waals surface area (Å²) in [7, 11) is -5.50. The third kappa shape index (κ3) is 13.9. The Morgan fingerprint density at radius 2 is 0.986 bits per heavy atom. The molecule has 2 saturated carbocycles. The van der Waals surface area contributed by atoms with Gasteiger partial charge in [0, 0.05) is 34.5 Å². The van der Waals surface area contributed by atoms with Crippen LogP contribution in [0.1, 0.15) is 119 Å². The number of amides is 2. The minimum atomic E-state index is -2.30. The average molecular weight is 1120 g/mol. The quantitative estimate of drug-likeness (QED) is 0.0486. The second-order valence-corrected chi connectivity index (χ2v) is 48.9. The smallest absolute Gasteiger partial charge is 0.337 e. The maximum atomic E-state index is 14.2. The van der Waals surface area contributed by atoms with Gasteiger partial charge in [0.1, 0.15) is 11.2 Å². The number of hydrogen-bond acceptors (Lipinski definition) is 11. The highest BCUT2D eigenvalue weighted by Crippen LogP contribution is 2.58. The van der Waals surface area contributed by atoms with Gasteiger partial charge in [-0.15, -0.1) is 23.2 Å². The fourth-order valence-corrected chi connectivity index (χ4v) is 15.5. The lowest BCUT2D eigenvalue weighted by molar-refractivity contribution is -0.163. The summed E-state index contributed by atoms with van der Waals surface area (Å²) in [5.41, 5.74) is -4.54. The predicted molar refractivity (Wildman–Crippen MR) is 300 cm³/mol. The number of aliphatic hydroxyl groups excluding tert-OH is 1. The van der Waals surface area contributed by atoms with E-state index >= 15 is 0 Å². The number of ether oxygens (including phenoxy) is 4. The van der Waals surface area contributed by atoms with Crippen LogP contribution in [0.5, 0.6) is 0 Å². The number of aliphatic hydroxyl groups is 1. The van der Waals surface area contributed by atoms with E-state index in [2.05, 4.69) is 118 Å². The van der Waals surface area contributed by atoms with Gasteiger partial charge in [-0.25, -0.2) is 9.59 Å². The number of nitrogens with one attached hydrogen (secondary N) is 2. The molecule has 0 aromatic heterocycles. The van der Waals surface area contributed by atoms with Crippen LogP contribution in [0, 0.1) is 23.7 Å². The van der Waals surface area contributed by atoms with Gasteiger partial charge in [-0.1, -0.05) is 119 Å². The second-order valence-electron chi connectivity index (χ2n) is 27.4. The van der Waals surface area contributed by atoms with E-state index in [1.807, 2.05) is 0 Å². The van der Waals surface area contributed by atoms with Gasteiger partial charge in [0.2, 0.25) is 11.8 Å². The first-order valence-corrected chi connectivity index (χ1v) is 41.7. The molecular formula is C53H100Cl2N2O11Si4. The monoisotopic (exact) mass is 1120 g/mol. The van der Waals surface area contributed by atoms with Crippen molar-refractivity contribution < 1.29 is 52.1 Å². The highest BCUT2D eigenvalue weighted by molar-refractivity contribution is 6.76. The molecule has 2 amide bonds. The number of esters is 2. The van der Waals surface area contributed by atoms with Crippen molar-refractivity contribution in [2.75, 3.05) is 45.3 Å². The zero-order valence-electron chi connectivity index (χ0n) is 47.9. The molecule has 6 rings (SSSR count). The molecule has 4 aliphatic heterocycles. The van der Waals surface area contributed by atoms with E-state index in [4.69, 9.17) is 56.1 Å². The van der Waals surface area contributed by atoms with Crippen molar-refractivity contribution in [3.05, 3.63) is 0 Å². The summed E-state index contributed by atoms with van der Waals surface area (Å²) in [5.74, 6) is -1.13. The van der Waals surface area contributed by atoms with E-state index in [9.17, 15) is 19.2 Å². The van der Waals surface area contributed by atoms with Crippen molar-refractivity contribution in [1.82, 2.24) is 10.6 Å². The van der Waals surface area contributed by atoms with Crippen molar-refractivity contribution in [1.29, 1.82) is 0 Å². The molecule has 19 heteroatoms. The van der Waals surface area contributed by atoms with E-state index < -0.39 is 85.1 Å². The molecule has 72 heavy (non-hydrogen) atoms. The maximum absolute atomic E-state index is 14.2. The molecule has 2 spiro atoms. The molecule has 2 aliphatic carbocycles. The summed E-state index contributed by atoms with van der Waals surface area (Å²) in [4.78, 5) is 54.2. The van der Waals surface area contributed by atoms with Crippen LogP contribution < -0.4 is 10.6 Å². The first-order valence-electron chi connectivity index (χ1n) is 27.4. The lowest BCUT2D eigenvalue weighted by Gasteiger charge is -2.49. The molecule has 418 valence electrons. The van der Waals surface area contributed by atoms with Crippen LogP contribution in [0.25, 0.3) is 0 Å². The number of methoxy groups -OCH3 is 1. The van der Waals surface area contributed by atoms with E-state index in [0.29, 0.717) is 51.0 Å². The summed E-state index contributed by atoms with van der Waals surface area (Å²) >= 11 is 12.2. The highest BCUT2D eigenvalue weighted by atomic mass is 35.5. The van der Waals surface area contributed by atoms with E-state index in [1.54, 1.807) is 0 Å². The van der Waals surface area contributed by atoms with Crippen LogP contribution in [0.2, 0.25) is 87.6 Å². The molecule has 13 nitrogen and oxygen atoms in total. The summed E-state index contributed by atoms with van der Waals surface area (Å²) in [5, 5.41) is 14.6. The van der Waals surface area contributed by atoms with Gasteiger partial charge in [-0.2, -0.15) is 0 Å². The zero-order valence-corrected chi connectivity index (χ0v) is 53.4. The van der Waals surface area contributed by atoms with Crippen LogP contribution in [0.4, 0.5) is 0 Å². The van der Waals surface area contributed by atoms with E-state index in [0.717, 1.165) is 63.5 Å².